The van der Waals surface area contributed by atoms with Gasteiger partial charge in [-0.1, -0.05) is 128 Å². The molecule has 0 spiro atoms. The molecule has 0 heterocycles. The number of aliphatic hydroxyl groups is 1. The standard InChI is InChI=1S/C34H40N2O/c37-29-34(36(27-32-19-9-3-10-20-32)28-33-21-11-4-12-22-33)23-13-14-24-35(25-30-15-5-1-6-16-30)26-31-17-7-2-8-18-31/h1-12,15-22,34,37H,13-14,23-29H2. The molecule has 37 heavy (non-hydrogen) atoms. The topological polar surface area (TPSA) is 26.7 Å². The van der Waals surface area contributed by atoms with E-state index in [2.05, 4.69) is 131 Å². The average molecular weight is 493 g/mol. The smallest absolute Gasteiger partial charge is 0.0587 e. The zero-order chi connectivity index (χ0) is 25.5. The fourth-order valence-corrected chi connectivity index (χ4v) is 4.95. The van der Waals surface area contributed by atoms with Gasteiger partial charge in [-0.25, -0.2) is 0 Å². The molecule has 0 aromatic heterocycles. The number of rotatable bonds is 15. The molecule has 3 nitrogen and oxygen atoms in total. The van der Waals surface area contributed by atoms with Gasteiger partial charge in [-0.15, -0.1) is 0 Å². The molecular formula is C34H40N2O. The molecule has 0 amide bonds. The first-order valence-corrected chi connectivity index (χ1v) is 13.5. The Morgan fingerprint density at radius 3 is 1.24 bits per heavy atom. The van der Waals surface area contributed by atoms with Gasteiger partial charge in [0, 0.05) is 32.2 Å². The summed E-state index contributed by atoms with van der Waals surface area (Å²) in [7, 11) is 0. The van der Waals surface area contributed by atoms with Crippen LogP contribution in [-0.2, 0) is 26.2 Å². The third kappa shape index (κ3) is 9.29. The largest absolute Gasteiger partial charge is 0.395 e. The summed E-state index contributed by atoms with van der Waals surface area (Å²) in [4.78, 5) is 4.99. The van der Waals surface area contributed by atoms with E-state index in [0.29, 0.717) is 0 Å². The fraction of sp³-hybridized carbons (Fsp3) is 0.294. The summed E-state index contributed by atoms with van der Waals surface area (Å²) < 4.78 is 0. The van der Waals surface area contributed by atoms with Gasteiger partial charge in [0.25, 0.3) is 0 Å². The van der Waals surface area contributed by atoms with Crippen molar-refractivity contribution in [1.29, 1.82) is 0 Å². The van der Waals surface area contributed by atoms with E-state index in [9.17, 15) is 5.11 Å². The number of hydrogen-bond donors (Lipinski definition) is 1. The van der Waals surface area contributed by atoms with E-state index in [-0.39, 0.29) is 12.6 Å². The van der Waals surface area contributed by atoms with Gasteiger partial charge in [0.1, 0.15) is 0 Å². The Labute approximate surface area is 223 Å². The minimum Gasteiger partial charge on any atom is -0.395 e. The molecule has 0 saturated heterocycles. The van der Waals surface area contributed by atoms with Crippen molar-refractivity contribution in [3.8, 4) is 0 Å². The molecule has 1 N–H and O–H groups in total. The van der Waals surface area contributed by atoms with Crippen LogP contribution in [-0.4, -0.2) is 34.1 Å². The summed E-state index contributed by atoms with van der Waals surface area (Å²) >= 11 is 0. The predicted octanol–water partition coefficient (Wildman–Crippen LogP) is 6.92. The van der Waals surface area contributed by atoms with Crippen LogP contribution in [0.4, 0.5) is 0 Å². The molecule has 4 rings (SSSR count). The molecule has 0 saturated carbocycles. The van der Waals surface area contributed by atoms with Gasteiger partial charge in [-0.05, 0) is 41.6 Å². The molecule has 0 radical (unpaired) electrons. The number of nitrogens with zero attached hydrogens (tertiary/aromatic N) is 2. The van der Waals surface area contributed by atoms with Crippen molar-refractivity contribution < 1.29 is 5.11 Å². The van der Waals surface area contributed by atoms with E-state index in [1.807, 2.05) is 0 Å². The minimum absolute atomic E-state index is 0.136. The molecule has 0 fully saturated rings. The normalized spacial score (nSPS) is 12.2. The molecule has 1 unspecified atom stereocenters. The van der Waals surface area contributed by atoms with Crippen molar-refractivity contribution in [2.75, 3.05) is 13.2 Å². The van der Waals surface area contributed by atoms with E-state index in [1.165, 1.54) is 22.3 Å². The Morgan fingerprint density at radius 1 is 0.486 bits per heavy atom. The van der Waals surface area contributed by atoms with E-state index in [0.717, 1.165) is 52.0 Å². The third-order valence-electron chi connectivity index (χ3n) is 6.94. The summed E-state index contributed by atoms with van der Waals surface area (Å²) in [6.07, 6.45) is 3.19. The second-order valence-corrected chi connectivity index (χ2v) is 9.89. The van der Waals surface area contributed by atoms with Gasteiger partial charge in [0.05, 0.1) is 6.61 Å². The maximum absolute atomic E-state index is 10.4. The van der Waals surface area contributed by atoms with Gasteiger partial charge >= 0.3 is 0 Å². The number of hydrogen-bond acceptors (Lipinski definition) is 3. The number of unbranched alkanes of at least 4 members (excludes halogenated alkanes) is 1. The SMILES string of the molecule is OCC(CCCCN(Cc1ccccc1)Cc1ccccc1)N(Cc1ccccc1)Cc1ccccc1. The van der Waals surface area contributed by atoms with E-state index in [4.69, 9.17) is 0 Å². The van der Waals surface area contributed by atoms with Crippen LogP contribution in [0.3, 0.4) is 0 Å². The molecule has 3 heteroatoms. The summed E-state index contributed by atoms with van der Waals surface area (Å²) in [6, 6.07) is 42.8. The quantitative estimate of drug-likeness (QED) is 0.182. The molecule has 0 bridgehead atoms. The predicted molar refractivity (Wildman–Crippen MR) is 154 cm³/mol. The maximum atomic E-state index is 10.4. The maximum Gasteiger partial charge on any atom is 0.0587 e. The van der Waals surface area contributed by atoms with Gasteiger partial charge in [0.2, 0.25) is 0 Å². The molecule has 4 aromatic rings. The third-order valence-corrected chi connectivity index (χ3v) is 6.94. The highest BCUT2D eigenvalue weighted by Crippen LogP contribution is 2.18. The van der Waals surface area contributed by atoms with Crippen LogP contribution < -0.4 is 0 Å². The second kappa shape index (κ2) is 15.1. The Balaban J connectivity index is 1.36. The summed E-state index contributed by atoms with van der Waals surface area (Å²) in [5.41, 5.74) is 5.27. The lowest BCUT2D eigenvalue weighted by atomic mass is 10.0. The number of benzene rings is 4. The first kappa shape index (κ1) is 26.8. The molecule has 0 aliphatic heterocycles. The number of aliphatic hydroxyl groups excluding tert-OH is 1. The summed E-state index contributed by atoms with van der Waals surface area (Å²) in [5, 5.41) is 10.4. The van der Waals surface area contributed by atoms with Gasteiger partial charge < -0.3 is 5.11 Å². The van der Waals surface area contributed by atoms with Crippen LogP contribution in [0, 0.1) is 0 Å². The van der Waals surface area contributed by atoms with E-state index in [1.54, 1.807) is 0 Å². The lowest BCUT2D eigenvalue weighted by Gasteiger charge is -2.31. The molecule has 0 aliphatic rings. The van der Waals surface area contributed by atoms with Crippen molar-refractivity contribution in [2.45, 2.75) is 51.5 Å². The Hall–Kier alpha value is -3.24. The van der Waals surface area contributed by atoms with Crippen LogP contribution in [0.5, 0.6) is 0 Å². The van der Waals surface area contributed by atoms with Crippen LogP contribution >= 0.6 is 0 Å². The highest BCUT2D eigenvalue weighted by Gasteiger charge is 2.19. The average Bonchev–Trinajstić information content (AvgIpc) is 2.95. The van der Waals surface area contributed by atoms with Gasteiger partial charge in [0.15, 0.2) is 0 Å². The van der Waals surface area contributed by atoms with E-state index >= 15 is 0 Å². The summed E-state index contributed by atoms with van der Waals surface area (Å²) in [6.45, 7) is 4.81. The molecule has 1 atom stereocenters. The molecule has 4 aromatic carbocycles. The van der Waals surface area contributed by atoms with E-state index < -0.39 is 0 Å². The van der Waals surface area contributed by atoms with Crippen molar-refractivity contribution in [2.24, 2.45) is 0 Å². The fourth-order valence-electron chi connectivity index (χ4n) is 4.95. The van der Waals surface area contributed by atoms with Gasteiger partial charge in [-0.3, -0.25) is 9.80 Å². The Bertz CT molecular complexity index is 1040. The minimum atomic E-state index is 0.136. The van der Waals surface area contributed by atoms with Gasteiger partial charge in [-0.2, -0.15) is 0 Å². The van der Waals surface area contributed by atoms with Crippen molar-refractivity contribution in [3.63, 3.8) is 0 Å². The first-order chi connectivity index (χ1) is 18.3. The van der Waals surface area contributed by atoms with Crippen LogP contribution in [0.2, 0.25) is 0 Å². The zero-order valence-electron chi connectivity index (χ0n) is 21.8. The van der Waals surface area contributed by atoms with Crippen molar-refractivity contribution in [1.82, 2.24) is 9.80 Å². The molecule has 192 valence electrons. The summed E-state index contributed by atoms with van der Waals surface area (Å²) in [5.74, 6) is 0. The first-order valence-electron chi connectivity index (χ1n) is 13.5. The van der Waals surface area contributed by atoms with Crippen molar-refractivity contribution in [3.05, 3.63) is 144 Å². The van der Waals surface area contributed by atoms with Crippen molar-refractivity contribution >= 4 is 0 Å². The second-order valence-electron chi connectivity index (χ2n) is 9.89. The van der Waals surface area contributed by atoms with Crippen LogP contribution in [0.1, 0.15) is 41.5 Å². The Kier molecular flexibility index (Phi) is 11.0. The zero-order valence-corrected chi connectivity index (χ0v) is 21.8. The molecule has 0 aliphatic carbocycles. The van der Waals surface area contributed by atoms with Crippen LogP contribution in [0.25, 0.3) is 0 Å². The monoisotopic (exact) mass is 492 g/mol. The lowest BCUT2D eigenvalue weighted by Crippen LogP contribution is -2.37. The van der Waals surface area contributed by atoms with Crippen LogP contribution in [0.15, 0.2) is 121 Å². The molecular weight excluding hydrogens is 452 g/mol. The lowest BCUT2D eigenvalue weighted by molar-refractivity contribution is 0.100. The highest BCUT2D eigenvalue weighted by atomic mass is 16.3. The highest BCUT2D eigenvalue weighted by molar-refractivity contribution is 5.18. The Morgan fingerprint density at radius 2 is 0.865 bits per heavy atom.